The number of benzene rings is 1. The van der Waals surface area contributed by atoms with Crippen LogP contribution in [0.3, 0.4) is 0 Å². The summed E-state index contributed by atoms with van der Waals surface area (Å²) in [5, 5.41) is 0.815. The third-order valence-corrected chi connectivity index (χ3v) is 2.81. The molecule has 0 N–H and O–H groups in total. The summed E-state index contributed by atoms with van der Waals surface area (Å²) in [5.74, 6) is 1.10. The van der Waals surface area contributed by atoms with Crippen LogP contribution in [0.25, 0.3) is 0 Å². The first-order valence-electron chi connectivity index (χ1n) is 4.21. The molecule has 0 unspecified atom stereocenters. The molecule has 0 bridgehead atoms. The Balaban J connectivity index is 2.37. The molecule has 0 aliphatic carbocycles. The Bertz CT molecular complexity index is 263. The van der Waals surface area contributed by atoms with Gasteiger partial charge >= 0.3 is 0 Å². The van der Waals surface area contributed by atoms with Crippen molar-refractivity contribution >= 4 is 23.4 Å². The molecular weight excluding hydrogens is 202 g/mol. The van der Waals surface area contributed by atoms with Gasteiger partial charge in [-0.2, -0.15) is 0 Å². The number of nitrogens with zero attached hydrogens (tertiary/aromatic N) is 1. The Labute approximate surface area is 89.1 Å². The van der Waals surface area contributed by atoms with Crippen LogP contribution in [0.5, 0.6) is 0 Å². The van der Waals surface area contributed by atoms with Gasteiger partial charge in [-0.1, -0.05) is 17.7 Å². The van der Waals surface area contributed by atoms with E-state index in [1.165, 1.54) is 4.90 Å². The Hall–Kier alpha value is -0.180. The molecule has 0 radical (unpaired) electrons. The number of halogens is 1. The second-order valence-corrected chi connectivity index (χ2v) is 4.71. The van der Waals surface area contributed by atoms with Gasteiger partial charge in [0.1, 0.15) is 0 Å². The van der Waals surface area contributed by atoms with Crippen LogP contribution in [-0.4, -0.2) is 31.3 Å². The van der Waals surface area contributed by atoms with Crippen LogP contribution >= 0.6 is 23.4 Å². The Morgan fingerprint density at radius 1 is 1.38 bits per heavy atom. The number of rotatable bonds is 4. The first kappa shape index (κ1) is 10.9. The maximum Gasteiger partial charge on any atom is 0.0417 e. The summed E-state index contributed by atoms with van der Waals surface area (Å²) >= 11 is 7.70. The maximum absolute atomic E-state index is 5.86. The van der Waals surface area contributed by atoms with E-state index < -0.39 is 0 Å². The second kappa shape index (κ2) is 5.53. The molecule has 0 aliphatic rings. The standard InChI is InChI=1S/C10H14ClNS/c1-12(2)6-7-13-10-5-3-4-9(11)8-10/h3-5,8H,6-7H2,1-2H3. The molecule has 1 nitrogen and oxygen atoms in total. The van der Waals surface area contributed by atoms with Crippen LogP contribution in [0.1, 0.15) is 0 Å². The van der Waals surface area contributed by atoms with Crippen molar-refractivity contribution in [3.8, 4) is 0 Å². The molecule has 0 aromatic heterocycles. The highest BCUT2D eigenvalue weighted by atomic mass is 35.5. The van der Waals surface area contributed by atoms with E-state index in [1.807, 2.05) is 30.0 Å². The van der Waals surface area contributed by atoms with Crippen molar-refractivity contribution in [1.29, 1.82) is 0 Å². The molecule has 3 heteroatoms. The van der Waals surface area contributed by atoms with E-state index in [4.69, 9.17) is 11.6 Å². The highest BCUT2D eigenvalue weighted by Crippen LogP contribution is 2.21. The van der Waals surface area contributed by atoms with Crippen LogP contribution in [0, 0.1) is 0 Å². The van der Waals surface area contributed by atoms with Gasteiger partial charge in [0.05, 0.1) is 0 Å². The van der Waals surface area contributed by atoms with Crippen LogP contribution in [0.2, 0.25) is 5.02 Å². The molecule has 72 valence electrons. The number of hydrogen-bond donors (Lipinski definition) is 0. The summed E-state index contributed by atoms with van der Waals surface area (Å²) in [4.78, 5) is 3.42. The average Bonchev–Trinajstić information content (AvgIpc) is 2.03. The lowest BCUT2D eigenvalue weighted by molar-refractivity contribution is 0.437. The third kappa shape index (κ3) is 4.55. The van der Waals surface area contributed by atoms with Crippen LogP contribution < -0.4 is 0 Å². The molecule has 0 atom stereocenters. The van der Waals surface area contributed by atoms with Gasteiger partial charge in [-0.15, -0.1) is 11.8 Å². The minimum Gasteiger partial charge on any atom is -0.309 e. The van der Waals surface area contributed by atoms with E-state index in [0.717, 1.165) is 17.3 Å². The summed E-state index contributed by atoms with van der Waals surface area (Å²) in [6.45, 7) is 1.09. The molecule has 0 amide bonds. The molecule has 0 fully saturated rings. The monoisotopic (exact) mass is 215 g/mol. The first-order valence-corrected chi connectivity index (χ1v) is 5.58. The summed E-state index contributed by atoms with van der Waals surface area (Å²) in [6, 6.07) is 7.98. The number of hydrogen-bond acceptors (Lipinski definition) is 2. The fourth-order valence-corrected chi connectivity index (χ4v) is 2.24. The Morgan fingerprint density at radius 2 is 2.15 bits per heavy atom. The van der Waals surface area contributed by atoms with Crippen molar-refractivity contribution in [1.82, 2.24) is 4.90 Å². The predicted molar refractivity (Wildman–Crippen MR) is 60.7 cm³/mol. The lowest BCUT2D eigenvalue weighted by Crippen LogP contribution is -2.14. The molecule has 0 heterocycles. The SMILES string of the molecule is CN(C)CCSc1cccc(Cl)c1. The van der Waals surface area contributed by atoms with E-state index in [9.17, 15) is 0 Å². The van der Waals surface area contributed by atoms with Crippen molar-refractivity contribution < 1.29 is 0 Å². The Kier molecular flexibility index (Phi) is 4.64. The van der Waals surface area contributed by atoms with E-state index >= 15 is 0 Å². The molecular formula is C10H14ClNS. The van der Waals surface area contributed by atoms with E-state index in [2.05, 4.69) is 25.1 Å². The van der Waals surface area contributed by atoms with Gasteiger partial charge < -0.3 is 4.90 Å². The summed E-state index contributed by atoms with van der Waals surface area (Å²) < 4.78 is 0. The molecule has 0 spiro atoms. The largest absolute Gasteiger partial charge is 0.309 e. The minimum absolute atomic E-state index is 0.815. The molecule has 0 aliphatic heterocycles. The van der Waals surface area contributed by atoms with Gasteiger partial charge in [0.25, 0.3) is 0 Å². The van der Waals surface area contributed by atoms with Gasteiger partial charge in [-0.25, -0.2) is 0 Å². The smallest absolute Gasteiger partial charge is 0.0417 e. The van der Waals surface area contributed by atoms with Crippen molar-refractivity contribution in [3.63, 3.8) is 0 Å². The van der Waals surface area contributed by atoms with Gasteiger partial charge in [0, 0.05) is 22.2 Å². The van der Waals surface area contributed by atoms with Crippen molar-refractivity contribution in [2.75, 3.05) is 26.4 Å². The molecule has 13 heavy (non-hydrogen) atoms. The summed E-state index contributed by atoms with van der Waals surface area (Å²) in [6.07, 6.45) is 0. The van der Waals surface area contributed by atoms with Crippen LogP contribution in [-0.2, 0) is 0 Å². The van der Waals surface area contributed by atoms with Gasteiger partial charge in [0.15, 0.2) is 0 Å². The number of thioether (sulfide) groups is 1. The van der Waals surface area contributed by atoms with E-state index in [1.54, 1.807) is 0 Å². The second-order valence-electron chi connectivity index (χ2n) is 3.11. The van der Waals surface area contributed by atoms with Crippen molar-refractivity contribution in [2.24, 2.45) is 0 Å². The zero-order valence-corrected chi connectivity index (χ0v) is 9.53. The highest BCUT2D eigenvalue weighted by Gasteiger charge is 1.95. The predicted octanol–water partition coefficient (Wildman–Crippen LogP) is 2.99. The molecule has 1 rings (SSSR count). The normalized spacial score (nSPS) is 10.8. The topological polar surface area (TPSA) is 3.24 Å². The van der Waals surface area contributed by atoms with Gasteiger partial charge in [-0.05, 0) is 32.3 Å². The van der Waals surface area contributed by atoms with Gasteiger partial charge in [0.2, 0.25) is 0 Å². The Morgan fingerprint density at radius 3 is 2.77 bits per heavy atom. The molecule has 0 saturated heterocycles. The fourth-order valence-electron chi connectivity index (χ4n) is 0.903. The van der Waals surface area contributed by atoms with Crippen LogP contribution in [0.15, 0.2) is 29.2 Å². The lowest BCUT2D eigenvalue weighted by atomic mass is 10.4. The fraction of sp³-hybridized carbons (Fsp3) is 0.400. The van der Waals surface area contributed by atoms with E-state index in [0.29, 0.717) is 0 Å². The van der Waals surface area contributed by atoms with Crippen molar-refractivity contribution in [3.05, 3.63) is 29.3 Å². The lowest BCUT2D eigenvalue weighted by Gasteiger charge is -2.08. The highest BCUT2D eigenvalue weighted by molar-refractivity contribution is 7.99. The van der Waals surface area contributed by atoms with Crippen molar-refractivity contribution in [2.45, 2.75) is 4.90 Å². The summed E-state index contributed by atoms with van der Waals surface area (Å²) in [5.41, 5.74) is 0. The zero-order valence-electron chi connectivity index (χ0n) is 7.96. The summed E-state index contributed by atoms with van der Waals surface area (Å²) in [7, 11) is 4.16. The maximum atomic E-state index is 5.86. The zero-order chi connectivity index (χ0) is 9.68. The van der Waals surface area contributed by atoms with Gasteiger partial charge in [-0.3, -0.25) is 0 Å². The molecule has 1 aromatic rings. The molecule has 0 saturated carbocycles. The third-order valence-electron chi connectivity index (χ3n) is 1.60. The quantitative estimate of drug-likeness (QED) is 0.711. The molecule has 1 aromatic carbocycles. The average molecular weight is 216 g/mol. The minimum atomic E-state index is 0.815. The first-order chi connectivity index (χ1) is 6.18. The van der Waals surface area contributed by atoms with E-state index in [-0.39, 0.29) is 0 Å². The van der Waals surface area contributed by atoms with Crippen LogP contribution in [0.4, 0.5) is 0 Å².